The van der Waals surface area contributed by atoms with Gasteiger partial charge in [-0.3, -0.25) is 4.79 Å². The van der Waals surface area contributed by atoms with Gasteiger partial charge in [0.05, 0.1) is 5.56 Å². The van der Waals surface area contributed by atoms with E-state index in [1.807, 2.05) is 12.1 Å². The van der Waals surface area contributed by atoms with E-state index in [9.17, 15) is 9.59 Å². The molecule has 0 radical (unpaired) electrons. The molecule has 0 saturated heterocycles. The molecule has 1 aromatic carbocycles. The number of carbonyl (C=O) groups excluding carboxylic acids is 2. The average Bonchev–Trinajstić information content (AvgIpc) is 2.62. The normalized spacial score (nSPS) is 19.9. The zero-order chi connectivity index (χ0) is 18.1. The first kappa shape index (κ1) is 19.3. The number of amides is 1. The number of esters is 1. The Kier molecular flexibility index (Phi) is 7.76. The molecule has 0 heterocycles. The number of para-hydroxylation sites is 1. The summed E-state index contributed by atoms with van der Waals surface area (Å²) in [5.74, 6) is -0.202. The van der Waals surface area contributed by atoms with E-state index >= 15 is 0 Å². The van der Waals surface area contributed by atoms with E-state index in [0.717, 1.165) is 44.3 Å². The Morgan fingerprint density at radius 1 is 1.20 bits per heavy atom. The largest absolute Gasteiger partial charge is 0.452 e. The number of ether oxygens (including phenoxy) is 1. The zero-order valence-electron chi connectivity index (χ0n) is 15.3. The van der Waals surface area contributed by atoms with Gasteiger partial charge in [0.1, 0.15) is 0 Å². The highest BCUT2D eigenvalue weighted by molar-refractivity contribution is 5.96. The van der Waals surface area contributed by atoms with E-state index in [1.54, 1.807) is 12.1 Å². The molecule has 1 aliphatic carbocycles. The van der Waals surface area contributed by atoms with Gasteiger partial charge in [0.15, 0.2) is 6.61 Å². The van der Waals surface area contributed by atoms with E-state index in [4.69, 9.17) is 4.74 Å². The second-order valence-corrected chi connectivity index (χ2v) is 6.84. The molecule has 2 rings (SSSR count). The van der Waals surface area contributed by atoms with Crippen LogP contribution >= 0.6 is 0 Å². The van der Waals surface area contributed by atoms with Crippen LogP contribution < -0.4 is 10.6 Å². The fraction of sp³-hybridized carbons (Fsp3) is 0.600. The quantitative estimate of drug-likeness (QED) is 0.556. The van der Waals surface area contributed by atoms with Gasteiger partial charge in [-0.1, -0.05) is 45.2 Å². The summed E-state index contributed by atoms with van der Waals surface area (Å²) >= 11 is 0. The molecule has 5 heteroatoms. The summed E-state index contributed by atoms with van der Waals surface area (Å²) in [5, 5.41) is 6.25. The average molecular weight is 346 g/mol. The maximum absolute atomic E-state index is 12.3. The summed E-state index contributed by atoms with van der Waals surface area (Å²) in [6, 6.07) is 7.45. The van der Waals surface area contributed by atoms with Crippen LogP contribution in [-0.2, 0) is 9.53 Å². The van der Waals surface area contributed by atoms with E-state index in [-0.39, 0.29) is 18.6 Å². The number of carbonyl (C=O) groups is 2. The standard InChI is InChI=1S/C20H30N2O3/c1-3-4-13-21-18-12-8-6-10-16(18)20(24)25-14-19(23)22-17-11-7-5-9-15(17)2/h6,8,10,12,15,17,21H,3-5,7,9,11,13-14H2,1-2H3,(H,22,23)/t15-,17-/m0/s1. The molecule has 1 aliphatic rings. The number of unbranched alkanes of at least 4 members (excludes halogenated alkanes) is 1. The predicted molar refractivity (Wildman–Crippen MR) is 99.7 cm³/mol. The molecular formula is C20H30N2O3. The first-order valence-corrected chi connectivity index (χ1v) is 9.41. The number of anilines is 1. The monoisotopic (exact) mass is 346 g/mol. The lowest BCUT2D eigenvalue weighted by atomic mass is 9.86. The van der Waals surface area contributed by atoms with Crippen LogP contribution in [0.15, 0.2) is 24.3 Å². The fourth-order valence-corrected chi connectivity index (χ4v) is 3.20. The van der Waals surface area contributed by atoms with Crippen LogP contribution in [0, 0.1) is 5.92 Å². The smallest absolute Gasteiger partial charge is 0.340 e. The Morgan fingerprint density at radius 3 is 2.72 bits per heavy atom. The van der Waals surface area contributed by atoms with Gasteiger partial charge in [-0.15, -0.1) is 0 Å². The number of hydrogen-bond acceptors (Lipinski definition) is 4. The van der Waals surface area contributed by atoms with Gasteiger partial charge in [0, 0.05) is 18.3 Å². The molecule has 2 atom stereocenters. The molecule has 25 heavy (non-hydrogen) atoms. The van der Waals surface area contributed by atoms with Crippen LogP contribution in [0.5, 0.6) is 0 Å². The van der Waals surface area contributed by atoms with Crippen molar-refractivity contribution in [3.63, 3.8) is 0 Å². The SMILES string of the molecule is CCCCNc1ccccc1C(=O)OCC(=O)N[C@H]1CCCC[C@@H]1C. The molecule has 1 aromatic rings. The minimum Gasteiger partial charge on any atom is -0.452 e. The van der Waals surface area contributed by atoms with Gasteiger partial charge < -0.3 is 15.4 Å². The van der Waals surface area contributed by atoms with Crippen LogP contribution in [-0.4, -0.2) is 31.1 Å². The lowest BCUT2D eigenvalue weighted by molar-refractivity contribution is -0.125. The third kappa shape index (κ3) is 6.07. The number of nitrogens with one attached hydrogen (secondary N) is 2. The minimum absolute atomic E-state index is 0.197. The van der Waals surface area contributed by atoms with E-state index in [1.165, 1.54) is 6.42 Å². The Hall–Kier alpha value is -2.04. The summed E-state index contributed by atoms with van der Waals surface area (Å²) in [4.78, 5) is 24.4. The van der Waals surface area contributed by atoms with Crippen LogP contribution in [0.25, 0.3) is 0 Å². The van der Waals surface area contributed by atoms with E-state index in [0.29, 0.717) is 11.5 Å². The first-order chi connectivity index (χ1) is 12.1. The van der Waals surface area contributed by atoms with Crippen molar-refractivity contribution in [1.82, 2.24) is 5.32 Å². The number of hydrogen-bond donors (Lipinski definition) is 2. The highest BCUT2D eigenvalue weighted by Gasteiger charge is 2.23. The summed E-state index contributed by atoms with van der Waals surface area (Å²) < 4.78 is 5.22. The highest BCUT2D eigenvalue weighted by Crippen LogP contribution is 2.23. The Labute approximate surface area is 150 Å². The number of rotatable bonds is 8. The molecule has 0 bridgehead atoms. The van der Waals surface area contributed by atoms with Crippen LogP contribution in [0.2, 0.25) is 0 Å². The van der Waals surface area contributed by atoms with E-state index < -0.39 is 5.97 Å². The van der Waals surface area contributed by atoms with Crippen molar-refractivity contribution < 1.29 is 14.3 Å². The fourth-order valence-electron chi connectivity index (χ4n) is 3.20. The summed E-state index contributed by atoms with van der Waals surface area (Å²) in [6.07, 6.45) is 6.63. The highest BCUT2D eigenvalue weighted by atomic mass is 16.5. The van der Waals surface area contributed by atoms with Gasteiger partial charge in [-0.05, 0) is 37.3 Å². The predicted octanol–water partition coefficient (Wildman–Crippen LogP) is 3.75. The van der Waals surface area contributed by atoms with Crippen molar-refractivity contribution in [2.45, 2.75) is 58.4 Å². The molecule has 5 nitrogen and oxygen atoms in total. The molecule has 0 unspecified atom stereocenters. The third-order valence-electron chi connectivity index (χ3n) is 4.78. The maximum atomic E-state index is 12.3. The summed E-state index contributed by atoms with van der Waals surface area (Å²) in [5.41, 5.74) is 1.22. The maximum Gasteiger partial charge on any atom is 0.340 e. The lowest BCUT2D eigenvalue weighted by Gasteiger charge is -2.29. The van der Waals surface area contributed by atoms with Crippen LogP contribution in [0.3, 0.4) is 0 Å². The van der Waals surface area contributed by atoms with Crippen LogP contribution in [0.1, 0.15) is 62.7 Å². The van der Waals surface area contributed by atoms with Crippen molar-refractivity contribution >= 4 is 17.6 Å². The van der Waals surface area contributed by atoms with Crippen LogP contribution in [0.4, 0.5) is 5.69 Å². The molecule has 138 valence electrons. The topological polar surface area (TPSA) is 67.4 Å². The zero-order valence-corrected chi connectivity index (χ0v) is 15.3. The van der Waals surface area contributed by atoms with Gasteiger partial charge in [0.25, 0.3) is 5.91 Å². The molecular weight excluding hydrogens is 316 g/mol. The Morgan fingerprint density at radius 2 is 1.96 bits per heavy atom. The Balaban J connectivity index is 1.84. The van der Waals surface area contributed by atoms with Gasteiger partial charge in [-0.2, -0.15) is 0 Å². The van der Waals surface area contributed by atoms with Crippen molar-refractivity contribution in [3.8, 4) is 0 Å². The van der Waals surface area contributed by atoms with Gasteiger partial charge in [0.2, 0.25) is 0 Å². The summed E-state index contributed by atoms with van der Waals surface area (Å²) in [7, 11) is 0. The minimum atomic E-state index is -0.466. The molecule has 1 fully saturated rings. The first-order valence-electron chi connectivity index (χ1n) is 9.41. The second-order valence-electron chi connectivity index (χ2n) is 6.84. The summed E-state index contributed by atoms with van der Waals surface area (Å²) in [6.45, 7) is 4.86. The van der Waals surface area contributed by atoms with Gasteiger partial charge in [-0.25, -0.2) is 4.79 Å². The Bertz CT molecular complexity index is 574. The van der Waals surface area contributed by atoms with Crippen molar-refractivity contribution in [2.75, 3.05) is 18.5 Å². The van der Waals surface area contributed by atoms with Crippen molar-refractivity contribution in [2.24, 2.45) is 5.92 Å². The molecule has 0 spiro atoms. The van der Waals surface area contributed by atoms with Crippen molar-refractivity contribution in [3.05, 3.63) is 29.8 Å². The van der Waals surface area contributed by atoms with Gasteiger partial charge >= 0.3 is 5.97 Å². The molecule has 2 N–H and O–H groups in total. The number of benzene rings is 1. The lowest BCUT2D eigenvalue weighted by Crippen LogP contribution is -2.42. The molecule has 1 amide bonds. The molecule has 1 saturated carbocycles. The third-order valence-corrected chi connectivity index (χ3v) is 4.78. The van der Waals surface area contributed by atoms with E-state index in [2.05, 4.69) is 24.5 Å². The van der Waals surface area contributed by atoms with Crippen molar-refractivity contribution in [1.29, 1.82) is 0 Å². The second kappa shape index (κ2) is 10.1. The molecule has 0 aromatic heterocycles. The molecule has 0 aliphatic heterocycles.